The van der Waals surface area contributed by atoms with E-state index in [2.05, 4.69) is 4.84 Å². The van der Waals surface area contributed by atoms with Gasteiger partial charge in [-0.05, 0) is 24.3 Å². The zero-order chi connectivity index (χ0) is 22.7. The molecule has 2 aliphatic rings. The molecule has 1 aromatic carbocycles. The number of hydrogen-bond donors (Lipinski definition) is 0. The van der Waals surface area contributed by atoms with Crippen molar-refractivity contribution in [1.29, 1.82) is 0 Å². The van der Waals surface area contributed by atoms with Gasteiger partial charge in [-0.25, -0.2) is 14.5 Å². The van der Waals surface area contributed by atoms with Crippen LogP contribution < -0.4 is 4.90 Å². The summed E-state index contributed by atoms with van der Waals surface area (Å²) < 4.78 is 10.1. The summed E-state index contributed by atoms with van der Waals surface area (Å²) in [6.45, 7) is 3.22. The number of amides is 4. The van der Waals surface area contributed by atoms with E-state index in [4.69, 9.17) is 9.47 Å². The molecule has 1 saturated heterocycles. The Labute approximate surface area is 176 Å². The topological polar surface area (TPSA) is 137 Å². The third-order valence-corrected chi connectivity index (χ3v) is 4.32. The second-order valence-electron chi connectivity index (χ2n) is 6.95. The van der Waals surface area contributed by atoms with Gasteiger partial charge in [0, 0.05) is 30.9 Å². The summed E-state index contributed by atoms with van der Waals surface area (Å²) in [6.07, 6.45) is -0.609. The van der Waals surface area contributed by atoms with E-state index in [0.29, 0.717) is 5.06 Å². The van der Waals surface area contributed by atoms with Gasteiger partial charge in [-0.1, -0.05) is 18.9 Å². The average molecular weight is 430 g/mol. The lowest BCUT2D eigenvalue weighted by atomic mass is 10.2. The number of esters is 1. The van der Waals surface area contributed by atoms with Gasteiger partial charge in [-0.15, -0.1) is 0 Å². The zero-order valence-electron chi connectivity index (χ0n) is 16.6. The predicted octanol–water partition coefficient (Wildman–Crippen LogP) is 1.47. The zero-order valence-corrected chi connectivity index (χ0v) is 16.6. The summed E-state index contributed by atoms with van der Waals surface area (Å²) in [7, 11) is 0. The first-order valence-corrected chi connectivity index (χ1v) is 9.29. The third kappa shape index (κ3) is 4.77. The molecule has 0 spiro atoms. The van der Waals surface area contributed by atoms with E-state index in [-0.39, 0.29) is 24.1 Å². The maximum atomic E-state index is 12.4. The van der Waals surface area contributed by atoms with Crippen molar-refractivity contribution in [2.75, 3.05) is 4.90 Å². The van der Waals surface area contributed by atoms with Gasteiger partial charge in [0.25, 0.3) is 29.9 Å². The molecule has 1 atom stereocenters. The van der Waals surface area contributed by atoms with E-state index in [1.165, 1.54) is 24.3 Å². The molecule has 11 nitrogen and oxygen atoms in total. The molecule has 0 aromatic heterocycles. The SMILES string of the molecule is CC(C)C(OC(=O)ON1C(=O)CCC1=O)OC(=O)c1ccc(N2C(=O)C=CC2=O)cc1. The van der Waals surface area contributed by atoms with Crippen molar-refractivity contribution in [2.45, 2.75) is 33.0 Å². The monoisotopic (exact) mass is 430 g/mol. The molecule has 1 unspecified atom stereocenters. The number of benzene rings is 1. The lowest BCUT2D eigenvalue weighted by Gasteiger charge is -2.22. The molecule has 0 N–H and O–H groups in total. The van der Waals surface area contributed by atoms with E-state index >= 15 is 0 Å². The molecule has 0 radical (unpaired) electrons. The maximum Gasteiger partial charge on any atom is 0.537 e. The summed E-state index contributed by atoms with van der Waals surface area (Å²) in [5, 5.41) is 0.316. The Balaban J connectivity index is 1.62. The Morgan fingerprint density at radius 1 is 0.871 bits per heavy atom. The number of carbonyl (C=O) groups excluding carboxylic acids is 6. The van der Waals surface area contributed by atoms with Gasteiger partial charge in [-0.3, -0.25) is 24.0 Å². The normalized spacial score (nSPS) is 16.9. The van der Waals surface area contributed by atoms with Crippen LogP contribution in [-0.4, -0.2) is 47.1 Å². The maximum absolute atomic E-state index is 12.4. The standard InChI is InChI=1S/C20H18N2O9/c1-11(2)19(30-20(28)31-22-16(25)9-10-17(22)26)29-18(27)12-3-5-13(6-4-12)21-14(23)7-8-15(21)24/h3-8,11,19H,9-10H2,1-2H3. The van der Waals surface area contributed by atoms with Crippen LogP contribution in [0.2, 0.25) is 0 Å². The minimum absolute atomic E-state index is 0.0725. The van der Waals surface area contributed by atoms with Crippen molar-refractivity contribution in [2.24, 2.45) is 5.92 Å². The summed E-state index contributed by atoms with van der Waals surface area (Å²) in [4.78, 5) is 76.3. The van der Waals surface area contributed by atoms with Gasteiger partial charge in [0.15, 0.2) is 0 Å². The van der Waals surface area contributed by atoms with E-state index in [1.807, 2.05) is 0 Å². The highest BCUT2D eigenvalue weighted by Crippen LogP contribution is 2.21. The van der Waals surface area contributed by atoms with Crippen molar-refractivity contribution in [3.63, 3.8) is 0 Å². The number of rotatable bonds is 6. The van der Waals surface area contributed by atoms with Crippen molar-refractivity contribution >= 4 is 41.4 Å². The van der Waals surface area contributed by atoms with Crippen LogP contribution in [0, 0.1) is 5.92 Å². The molecule has 1 aromatic rings. The van der Waals surface area contributed by atoms with Crippen LogP contribution in [0.3, 0.4) is 0 Å². The van der Waals surface area contributed by atoms with Crippen molar-refractivity contribution in [1.82, 2.24) is 5.06 Å². The van der Waals surface area contributed by atoms with Gasteiger partial charge in [0.05, 0.1) is 11.3 Å². The fourth-order valence-corrected chi connectivity index (χ4v) is 2.72. The largest absolute Gasteiger partial charge is 0.537 e. The highest BCUT2D eigenvalue weighted by atomic mass is 16.9. The summed E-state index contributed by atoms with van der Waals surface area (Å²) in [5.41, 5.74) is 0.347. The van der Waals surface area contributed by atoms with Gasteiger partial charge >= 0.3 is 12.1 Å². The molecule has 4 amide bonds. The fraction of sp³-hybridized carbons (Fsp3) is 0.300. The Morgan fingerprint density at radius 2 is 1.42 bits per heavy atom. The number of hydroxylamine groups is 2. The second kappa shape index (κ2) is 8.78. The Bertz CT molecular complexity index is 947. The summed E-state index contributed by atoms with van der Waals surface area (Å²) in [5.74, 6) is -3.67. The molecule has 0 aliphatic carbocycles. The van der Waals surface area contributed by atoms with Gasteiger partial charge < -0.3 is 9.47 Å². The second-order valence-corrected chi connectivity index (χ2v) is 6.95. The quantitative estimate of drug-likeness (QED) is 0.373. The van der Waals surface area contributed by atoms with E-state index in [9.17, 15) is 28.8 Å². The predicted molar refractivity (Wildman–Crippen MR) is 101 cm³/mol. The number of hydrogen-bond acceptors (Lipinski definition) is 9. The number of anilines is 1. The van der Waals surface area contributed by atoms with Crippen LogP contribution in [0.1, 0.15) is 37.0 Å². The molecule has 0 saturated carbocycles. The first-order chi connectivity index (χ1) is 14.7. The van der Waals surface area contributed by atoms with Crippen LogP contribution in [0.5, 0.6) is 0 Å². The van der Waals surface area contributed by atoms with E-state index in [0.717, 1.165) is 17.1 Å². The molecule has 2 heterocycles. The number of imide groups is 2. The van der Waals surface area contributed by atoms with E-state index < -0.39 is 48.0 Å². The fourth-order valence-electron chi connectivity index (χ4n) is 2.72. The molecule has 11 heteroatoms. The van der Waals surface area contributed by atoms with Crippen molar-refractivity contribution in [3.8, 4) is 0 Å². The Kier molecular flexibility index (Phi) is 6.14. The summed E-state index contributed by atoms with van der Waals surface area (Å²) >= 11 is 0. The molecule has 162 valence electrons. The average Bonchev–Trinajstić information content (AvgIpc) is 3.22. The lowest BCUT2D eigenvalue weighted by molar-refractivity contribution is -0.187. The van der Waals surface area contributed by atoms with Crippen LogP contribution in [0.15, 0.2) is 36.4 Å². The Morgan fingerprint density at radius 3 is 1.94 bits per heavy atom. The van der Waals surface area contributed by atoms with Gasteiger partial charge in [0.2, 0.25) is 0 Å². The molecule has 31 heavy (non-hydrogen) atoms. The van der Waals surface area contributed by atoms with E-state index in [1.54, 1.807) is 13.8 Å². The van der Waals surface area contributed by atoms with Crippen molar-refractivity contribution < 1.29 is 43.1 Å². The highest BCUT2D eigenvalue weighted by Gasteiger charge is 2.35. The first kappa shape index (κ1) is 21.7. The number of carbonyl (C=O) groups is 6. The lowest BCUT2D eigenvalue weighted by Crippen LogP contribution is -2.36. The van der Waals surface area contributed by atoms with Crippen LogP contribution in [0.4, 0.5) is 10.5 Å². The molecule has 3 rings (SSSR count). The minimum atomic E-state index is -1.37. The molecule has 2 aliphatic heterocycles. The van der Waals surface area contributed by atoms with Crippen molar-refractivity contribution in [3.05, 3.63) is 42.0 Å². The molecule has 1 fully saturated rings. The number of ether oxygens (including phenoxy) is 2. The molecular formula is C20H18N2O9. The van der Waals surface area contributed by atoms with Crippen LogP contribution in [0.25, 0.3) is 0 Å². The highest BCUT2D eigenvalue weighted by molar-refractivity contribution is 6.28. The Hall–Kier alpha value is -4.02. The smallest absolute Gasteiger partial charge is 0.421 e. The van der Waals surface area contributed by atoms with Crippen LogP contribution >= 0.6 is 0 Å². The van der Waals surface area contributed by atoms with Gasteiger partial charge in [0.1, 0.15) is 0 Å². The molecular weight excluding hydrogens is 412 g/mol. The number of nitrogens with zero attached hydrogens (tertiary/aromatic N) is 2. The minimum Gasteiger partial charge on any atom is -0.421 e. The third-order valence-electron chi connectivity index (χ3n) is 4.32. The van der Waals surface area contributed by atoms with Crippen LogP contribution in [-0.2, 0) is 33.5 Å². The first-order valence-electron chi connectivity index (χ1n) is 9.29. The summed E-state index contributed by atoms with van der Waals surface area (Å²) in [6, 6.07) is 5.47. The molecule has 0 bridgehead atoms. The van der Waals surface area contributed by atoms with Gasteiger partial charge in [-0.2, -0.15) is 0 Å².